The van der Waals surface area contributed by atoms with E-state index in [1.807, 2.05) is 0 Å². The Bertz CT molecular complexity index is 203. The van der Waals surface area contributed by atoms with Crippen LogP contribution in [0.15, 0.2) is 0 Å². The van der Waals surface area contributed by atoms with Crippen molar-refractivity contribution in [2.24, 2.45) is 0 Å². The van der Waals surface area contributed by atoms with Gasteiger partial charge in [0.2, 0.25) is 0 Å². The van der Waals surface area contributed by atoms with Gasteiger partial charge in [-0.2, -0.15) is 0 Å². The van der Waals surface area contributed by atoms with Gasteiger partial charge in [-0.1, -0.05) is 0 Å². The third-order valence-corrected chi connectivity index (χ3v) is 5.76. The van der Waals surface area contributed by atoms with E-state index in [9.17, 15) is 0 Å². The van der Waals surface area contributed by atoms with E-state index in [2.05, 4.69) is 64.5 Å². The van der Waals surface area contributed by atoms with Crippen molar-refractivity contribution in [3.8, 4) is 0 Å². The van der Waals surface area contributed by atoms with Gasteiger partial charge in [0.25, 0.3) is 9.84 Å². The highest BCUT2D eigenvalue weighted by atomic mass is 28.2. The normalized spacial score (nSPS) is 31.2. The number of hydrogen-bond acceptors (Lipinski definition) is 2. The van der Waals surface area contributed by atoms with Crippen molar-refractivity contribution in [2.45, 2.75) is 78.6 Å². The van der Waals surface area contributed by atoms with Gasteiger partial charge < -0.3 is 9.13 Å². The molecule has 15 heavy (non-hydrogen) atoms. The summed E-state index contributed by atoms with van der Waals surface area (Å²) in [6.45, 7) is 18.6. The molecule has 2 radical (unpaired) electrons. The fraction of sp³-hybridized carbons (Fsp3) is 1.00. The van der Waals surface area contributed by atoms with Crippen molar-refractivity contribution < 1.29 is 0 Å². The standard InChI is InChI=1S/C12H26N2Si/c1-9-10(2)14(12(6,7)8)15-13(9)11(3,4)5/h9-10H,1-8H3. The molecule has 0 aromatic carbocycles. The van der Waals surface area contributed by atoms with Crippen LogP contribution in [0, 0.1) is 0 Å². The van der Waals surface area contributed by atoms with Crippen LogP contribution in [0.4, 0.5) is 0 Å². The summed E-state index contributed by atoms with van der Waals surface area (Å²) in [5.41, 5.74) is 0.568. The van der Waals surface area contributed by atoms with Crippen LogP contribution in [0.5, 0.6) is 0 Å². The third-order valence-electron chi connectivity index (χ3n) is 3.17. The van der Waals surface area contributed by atoms with Crippen LogP contribution < -0.4 is 0 Å². The van der Waals surface area contributed by atoms with E-state index in [0.29, 0.717) is 12.1 Å². The van der Waals surface area contributed by atoms with Gasteiger partial charge in [0, 0.05) is 23.2 Å². The largest absolute Gasteiger partial charge is 0.303 e. The van der Waals surface area contributed by atoms with Gasteiger partial charge in [0.05, 0.1) is 0 Å². The summed E-state index contributed by atoms with van der Waals surface area (Å²) in [5, 5.41) is 0. The lowest BCUT2D eigenvalue weighted by Gasteiger charge is -2.35. The van der Waals surface area contributed by atoms with Crippen LogP contribution in [0.1, 0.15) is 55.4 Å². The molecule has 1 saturated heterocycles. The third kappa shape index (κ3) is 2.63. The molecule has 2 atom stereocenters. The molecule has 0 amide bonds. The Balaban J connectivity index is 2.86. The van der Waals surface area contributed by atoms with Gasteiger partial charge in [-0.15, -0.1) is 0 Å². The first-order valence-electron chi connectivity index (χ1n) is 5.90. The van der Waals surface area contributed by atoms with Crippen molar-refractivity contribution in [2.75, 3.05) is 0 Å². The molecule has 0 spiro atoms. The zero-order valence-corrected chi connectivity index (χ0v) is 12.5. The minimum Gasteiger partial charge on any atom is -0.303 e. The molecular weight excluding hydrogens is 200 g/mol. The van der Waals surface area contributed by atoms with E-state index < -0.39 is 0 Å². The van der Waals surface area contributed by atoms with E-state index in [4.69, 9.17) is 0 Å². The Kier molecular flexibility index (Phi) is 3.40. The molecule has 1 rings (SSSR count). The summed E-state index contributed by atoms with van der Waals surface area (Å²) in [6, 6.07) is 1.31. The molecule has 0 bridgehead atoms. The minimum absolute atomic E-state index is 0.284. The molecule has 0 N–H and O–H groups in total. The van der Waals surface area contributed by atoms with Crippen molar-refractivity contribution in [3.63, 3.8) is 0 Å². The van der Waals surface area contributed by atoms with Crippen LogP contribution in [0.2, 0.25) is 0 Å². The summed E-state index contributed by atoms with van der Waals surface area (Å²) in [4.78, 5) is 0. The van der Waals surface area contributed by atoms with Crippen LogP contribution in [0.25, 0.3) is 0 Å². The summed E-state index contributed by atoms with van der Waals surface area (Å²) < 4.78 is 5.26. The second-order valence-corrected chi connectivity index (χ2v) is 7.83. The molecule has 0 aromatic rings. The molecule has 1 aliphatic heterocycles. The van der Waals surface area contributed by atoms with Crippen molar-refractivity contribution >= 4 is 9.84 Å². The molecule has 0 aromatic heterocycles. The lowest BCUT2D eigenvalue weighted by molar-refractivity contribution is 0.172. The first-order chi connectivity index (χ1) is 6.55. The number of hydrogen-bond donors (Lipinski definition) is 0. The van der Waals surface area contributed by atoms with Gasteiger partial charge in [0.1, 0.15) is 0 Å². The summed E-state index contributed by atoms with van der Waals surface area (Å²) >= 11 is 0. The Morgan fingerprint density at radius 3 is 1.13 bits per heavy atom. The summed E-state index contributed by atoms with van der Waals surface area (Å²) in [7, 11) is 0.821. The SMILES string of the molecule is CC1C(C)N(C(C)(C)C)[Si]N1C(C)(C)C. The molecule has 1 aliphatic rings. The zero-order chi connectivity index (χ0) is 12.0. The van der Waals surface area contributed by atoms with Crippen LogP contribution >= 0.6 is 0 Å². The first-order valence-corrected chi connectivity index (χ1v) is 6.79. The topological polar surface area (TPSA) is 6.48 Å². The Morgan fingerprint density at radius 1 is 0.733 bits per heavy atom. The van der Waals surface area contributed by atoms with Crippen LogP contribution in [-0.2, 0) is 0 Å². The molecule has 1 fully saturated rings. The predicted octanol–water partition coefficient (Wildman–Crippen LogP) is 2.51. The van der Waals surface area contributed by atoms with E-state index >= 15 is 0 Å². The average Bonchev–Trinajstić information content (AvgIpc) is 2.26. The lowest BCUT2D eigenvalue weighted by atomic mass is 10.0. The molecule has 0 saturated carbocycles. The molecular formula is C12H26N2Si. The highest BCUT2D eigenvalue weighted by molar-refractivity contribution is 6.30. The first kappa shape index (κ1) is 13.2. The quantitative estimate of drug-likeness (QED) is 0.586. The second-order valence-electron chi connectivity index (χ2n) is 6.66. The van der Waals surface area contributed by atoms with Gasteiger partial charge in [0.15, 0.2) is 0 Å². The minimum atomic E-state index is 0.284. The molecule has 2 unspecified atom stereocenters. The van der Waals surface area contributed by atoms with Crippen molar-refractivity contribution in [1.82, 2.24) is 9.13 Å². The Labute approximate surface area is 98.0 Å². The summed E-state index contributed by atoms with van der Waals surface area (Å²) in [6.07, 6.45) is 0. The molecule has 1 heterocycles. The summed E-state index contributed by atoms with van der Waals surface area (Å²) in [5.74, 6) is 0. The molecule has 0 aliphatic carbocycles. The van der Waals surface area contributed by atoms with E-state index in [-0.39, 0.29) is 11.1 Å². The Hall–Kier alpha value is 0.137. The van der Waals surface area contributed by atoms with Crippen LogP contribution in [0.3, 0.4) is 0 Å². The average molecular weight is 226 g/mol. The monoisotopic (exact) mass is 226 g/mol. The maximum Gasteiger partial charge on any atom is 0.252 e. The lowest BCUT2D eigenvalue weighted by Crippen LogP contribution is -2.49. The van der Waals surface area contributed by atoms with Gasteiger partial charge in [-0.3, -0.25) is 0 Å². The molecule has 2 nitrogen and oxygen atoms in total. The van der Waals surface area contributed by atoms with E-state index in [1.54, 1.807) is 0 Å². The predicted molar refractivity (Wildman–Crippen MR) is 67.9 cm³/mol. The maximum absolute atomic E-state index is 2.63. The number of nitrogens with zero attached hydrogens (tertiary/aromatic N) is 2. The van der Waals surface area contributed by atoms with E-state index in [0.717, 1.165) is 9.84 Å². The highest BCUT2D eigenvalue weighted by Gasteiger charge is 2.44. The number of rotatable bonds is 0. The fourth-order valence-electron chi connectivity index (χ4n) is 2.25. The Morgan fingerprint density at radius 2 is 1.00 bits per heavy atom. The highest BCUT2D eigenvalue weighted by Crippen LogP contribution is 2.31. The molecule has 3 heteroatoms. The maximum atomic E-state index is 2.63. The smallest absolute Gasteiger partial charge is 0.252 e. The van der Waals surface area contributed by atoms with Gasteiger partial charge in [-0.25, -0.2) is 0 Å². The van der Waals surface area contributed by atoms with Crippen molar-refractivity contribution in [3.05, 3.63) is 0 Å². The molecule has 88 valence electrons. The second kappa shape index (κ2) is 3.86. The van der Waals surface area contributed by atoms with Gasteiger partial charge >= 0.3 is 0 Å². The fourth-order valence-corrected chi connectivity index (χ4v) is 3.88. The van der Waals surface area contributed by atoms with Gasteiger partial charge in [-0.05, 0) is 55.4 Å². The van der Waals surface area contributed by atoms with Crippen LogP contribution in [-0.4, -0.2) is 42.1 Å². The zero-order valence-electron chi connectivity index (χ0n) is 11.5. The van der Waals surface area contributed by atoms with Crippen molar-refractivity contribution in [1.29, 1.82) is 0 Å². The van der Waals surface area contributed by atoms with E-state index in [1.165, 1.54) is 0 Å².